The summed E-state index contributed by atoms with van der Waals surface area (Å²) < 4.78 is 26.5. The monoisotopic (exact) mass is 247 g/mol. The van der Waals surface area contributed by atoms with E-state index >= 15 is 0 Å². The molecule has 4 heteroatoms. The van der Waals surface area contributed by atoms with Gasteiger partial charge >= 0.3 is 0 Å². The van der Waals surface area contributed by atoms with E-state index in [1.165, 1.54) is 25.1 Å². The maximum Gasteiger partial charge on any atom is 0.181 e. The van der Waals surface area contributed by atoms with Crippen LogP contribution in [0.25, 0.3) is 11.1 Å². The summed E-state index contributed by atoms with van der Waals surface area (Å²) in [5.41, 5.74) is 1.58. The second-order valence-electron chi connectivity index (χ2n) is 4.01. The number of carbonyl (C=O) groups is 1. The molecule has 0 unspecified atom stereocenters. The predicted molar refractivity (Wildman–Crippen MR) is 64.3 cm³/mol. The van der Waals surface area contributed by atoms with Gasteiger partial charge in [-0.05, 0) is 30.7 Å². The first-order chi connectivity index (χ1) is 8.49. The van der Waals surface area contributed by atoms with Crippen molar-refractivity contribution in [2.24, 2.45) is 0 Å². The van der Waals surface area contributed by atoms with Gasteiger partial charge in [0.15, 0.2) is 11.6 Å². The lowest BCUT2D eigenvalue weighted by Gasteiger charge is -2.08. The number of Topliss-reactive ketones (excluding diaryl/α,β-unsaturated/α-hetero) is 1. The molecule has 0 radical (unpaired) electrons. The molecular weight excluding hydrogens is 236 g/mol. The van der Waals surface area contributed by atoms with Crippen molar-refractivity contribution in [1.29, 1.82) is 0 Å². The third-order valence-electron chi connectivity index (χ3n) is 2.66. The Labute approximate surface area is 103 Å². The van der Waals surface area contributed by atoms with Crippen LogP contribution in [-0.4, -0.2) is 10.8 Å². The first-order valence-electron chi connectivity index (χ1n) is 5.43. The van der Waals surface area contributed by atoms with Crippen LogP contribution in [0, 0.1) is 18.6 Å². The largest absolute Gasteiger partial charge is 0.293 e. The van der Waals surface area contributed by atoms with Crippen LogP contribution in [0.15, 0.2) is 30.3 Å². The molecular formula is C14H11F2NO. The van der Waals surface area contributed by atoms with Gasteiger partial charge in [0, 0.05) is 18.2 Å². The summed E-state index contributed by atoms with van der Waals surface area (Å²) in [7, 11) is 0. The number of hydrogen-bond acceptors (Lipinski definition) is 2. The van der Waals surface area contributed by atoms with Gasteiger partial charge in [0.1, 0.15) is 11.5 Å². The molecule has 2 nitrogen and oxygen atoms in total. The standard InChI is InChI=1S/C14H11F2NO/c1-8-12(10-3-5-11(15)6-4-10)7-13(16)14(17-8)9(2)18/h3-7H,1-2H3. The molecule has 0 saturated carbocycles. The molecule has 0 aliphatic heterocycles. The zero-order chi connectivity index (χ0) is 13.3. The number of hydrogen-bond donors (Lipinski definition) is 0. The second-order valence-corrected chi connectivity index (χ2v) is 4.01. The van der Waals surface area contributed by atoms with Crippen molar-refractivity contribution >= 4 is 5.78 Å². The topological polar surface area (TPSA) is 30.0 Å². The highest BCUT2D eigenvalue weighted by atomic mass is 19.1. The molecule has 0 fully saturated rings. The van der Waals surface area contributed by atoms with Crippen LogP contribution < -0.4 is 0 Å². The van der Waals surface area contributed by atoms with Gasteiger partial charge in [0.25, 0.3) is 0 Å². The summed E-state index contributed by atoms with van der Waals surface area (Å²) in [4.78, 5) is 15.1. The predicted octanol–water partition coefficient (Wildman–Crippen LogP) is 3.54. The molecule has 2 rings (SSSR count). The molecule has 0 saturated heterocycles. The van der Waals surface area contributed by atoms with Gasteiger partial charge in [-0.25, -0.2) is 13.8 Å². The zero-order valence-corrected chi connectivity index (χ0v) is 10.00. The highest BCUT2D eigenvalue weighted by Crippen LogP contribution is 2.24. The van der Waals surface area contributed by atoms with E-state index in [4.69, 9.17) is 0 Å². The van der Waals surface area contributed by atoms with Crippen molar-refractivity contribution in [1.82, 2.24) is 4.98 Å². The SMILES string of the molecule is CC(=O)c1nc(C)c(-c2ccc(F)cc2)cc1F. The lowest BCUT2D eigenvalue weighted by atomic mass is 10.0. The fourth-order valence-electron chi connectivity index (χ4n) is 1.75. The van der Waals surface area contributed by atoms with Crippen molar-refractivity contribution < 1.29 is 13.6 Å². The maximum atomic E-state index is 13.7. The molecule has 0 aliphatic rings. The number of rotatable bonds is 2. The number of aryl methyl sites for hydroxylation is 1. The van der Waals surface area contributed by atoms with E-state index in [9.17, 15) is 13.6 Å². The van der Waals surface area contributed by atoms with Crippen LogP contribution >= 0.6 is 0 Å². The van der Waals surface area contributed by atoms with Crippen LogP contribution in [-0.2, 0) is 0 Å². The third-order valence-corrected chi connectivity index (χ3v) is 2.66. The first-order valence-corrected chi connectivity index (χ1v) is 5.43. The van der Waals surface area contributed by atoms with Crippen LogP contribution in [0.4, 0.5) is 8.78 Å². The highest BCUT2D eigenvalue weighted by molar-refractivity contribution is 5.92. The van der Waals surface area contributed by atoms with E-state index in [-0.39, 0.29) is 11.5 Å². The number of benzene rings is 1. The quantitative estimate of drug-likeness (QED) is 0.760. The molecule has 18 heavy (non-hydrogen) atoms. The van der Waals surface area contributed by atoms with E-state index in [0.29, 0.717) is 16.8 Å². The normalized spacial score (nSPS) is 10.4. The first kappa shape index (κ1) is 12.4. The Morgan fingerprint density at radius 3 is 2.33 bits per heavy atom. The number of nitrogens with zero attached hydrogens (tertiary/aromatic N) is 1. The zero-order valence-electron chi connectivity index (χ0n) is 10.00. The van der Waals surface area contributed by atoms with Gasteiger partial charge in [-0.15, -0.1) is 0 Å². The maximum absolute atomic E-state index is 13.7. The fraction of sp³-hybridized carbons (Fsp3) is 0.143. The molecule has 92 valence electrons. The Hall–Kier alpha value is -2.10. The molecule has 0 aliphatic carbocycles. The lowest BCUT2D eigenvalue weighted by Crippen LogP contribution is -2.04. The van der Waals surface area contributed by atoms with Gasteiger partial charge in [0.2, 0.25) is 0 Å². The number of halogens is 2. The van der Waals surface area contributed by atoms with E-state index in [1.54, 1.807) is 19.1 Å². The molecule has 1 heterocycles. The smallest absolute Gasteiger partial charge is 0.181 e. The van der Waals surface area contributed by atoms with Crippen molar-refractivity contribution in [3.05, 3.63) is 53.4 Å². The van der Waals surface area contributed by atoms with Gasteiger partial charge in [0.05, 0.1) is 0 Å². The van der Waals surface area contributed by atoms with Gasteiger partial charge < -0.3 is 0 Å². The highest BCUT2D eigenvalue weighted by Gasteiger charge is 2.13. The van der Waals surface area contributed by atoms with E-state index in [1.807, 2.05) is 0 Å². The minimum atomic E-state index is -0.660. The Kier molecular flexibility index (Phi) is 3.19. The van der Waals surface area contributed by atoms with Crippen LogP contribution in [0.1, 0.15) is 23.1 Å². The van der Waals surface area contributed by atoms with Gasteiger partial charge in [-0.3, -0.25) is 4.79 Å². The summed E-state index contributed by atoms with van der Waals surface area (Å²) in [5, 5.41) is 0. The third kappa shape index (κ3) is 2.27. The van der Waals surface area contributed by atoms with Gasteiger partial charge in [-0.1, -0.05) is 12.1 Å². The minimum absolute atomic E-state index is 0.168. The summed E-state index contributed by atoms with van der Waals surface area (Å²) in [5.74, 6) is -1.43. The molecule has 0 amide bonds. The average molecular weight is 247 g/mol. The fourth-order valence-corrected chi connectivity index (χ4v) is 1.75. The molecule has 0 N–H and O–H groups in total. The number of carbonyl (C=O) groups excluding carboxylic acids is 1. The molecule has 1 aromatic heterocycles. The van der Waals surface area contributed by atoms with Crippen molar-refractivity contribution in [3.63, 3.8) is 0 Å². The minimum Gasteiger partial charge on any atom is -0.293 e. The second kappa shape index (κ2) is 4.64. The molecule has 2 aromatic rings. The van der Waals surface area contributed by atoms with Crippen molar-refractivity contribution in [3.8, 4) is 11.1 Å². The molecule has 1 aromatic carbocycles. The summed E-state index contributed by atoms with van der Waals surface area (Å²) in [6, 6.07) is 6.95. The van der Waals surface area contributed by atoms with Crippen molar-refractivity contribution in [2.75, 3.05) is 0 Å². The number of ketones is 1. The summed E-state index contributed by atoms with van der Waals surface area (Å²) >= 11 is 0. The Morgan fingerprint density at radius 1 is 1.17 bits per heavy atom. The van der Waals surface area contributed by atoms with E-state index in [2.05, 4.69) is 4.98 Å². The van der Waals surface area contributed by atoms with Crippen LogP contribution in [0.2, 0.25) is 0 Å². The van der Waals surface area contributed by atoms with Crippen LogP contribution in [0.3, 0.4) is 0 Å². The molecule has 0 atom stereocenters. The average Bonchev–Trinajstić information content (AvgIpc) is 2.32. The van der Waals surface area contributed by atoms with E-state index in [0.717, 1.165) is 0 Å². The van der Waals surface area contributed by atoms with Crippen LogP contribution in [0.5, 0.6) is 0 Å². The van der Waals surface area contributed by atoms with Gasteiger partial charge in [-0.2, -0.15) is 0 Å². The Balaban J connectivity index is 2.56. The lowest BCUT2D eigenvalue weighted by molar-refractivity contribution is 0.100. The summed E-state index contributed by atoms with van der Waals surface area (Å²) in [6.07, 6.45) is 0. The Morgan fingerprint density at radius 2 is 1.78 bits per heavy atom. The Bertz CT molecular complexity index is 606. The number of aromatic nitrogens is 1. The van der Waals surface area contributed by atoms with Crippen molar-refractivity contribution in [2.45, 2.75) is 13.8 Å². The summed E-state index contributed by atoms with van der Waals surface area (Å²) in [6.45, 7) is 2.95. The molecule has 0 spiro atoms. The number of pyridine rings is 1. The van der Waals surface area contributed by atoms with E-state index < -0.39 is 11.6 Å². The molecule has 0 bridgehead atoms.